The van der Waals surface area contributed by atoms with Gasteiger partial charge in [-0.25, -0.2) is 4.39 Å². The van der Waals surface area contributed by atoms with E-state index in [0.717, 1.165) is 6.20 Å². The molecule has 0 saturated heterocycles. The summed E-state index contributed by atoms with van der Waals surface area (Å²) in [6.45, 7) is 1.42. The molecule has 1 atom stereocenters. The second-order valence-electron chi connectivity index (χ2n) is 2.94. The van der Waals surface area contributed by atoms with Gasteiger partial charge in [-0.3, -0.25) is 4.98 Å². The predicted molar refractivity (Wildman–Crippen MR) is 42.8 cm³/mol. The van der Waals surface area contributed by atoms with Crippen molar-refractivity contribution >= 4 is 0 Å². The number of pyridine rings is 1. The number of nitrogens with two attached hydrogens (primary N) is 1. The van der Waals surface area contributed by atoms with E-state index in [2.05, 4.69) is 4.98 Å². The summed E-state index contributed by atoms with van der Waals surface area (Å²) in [4.78, 5) is 3.76. The number of nitrogens with zero attached hydrogens (tertiary/aromatic N) is 1. The van der Waals surface area contributed by atoms with Crippen LogP contribution in [-0.2, 0) is 5.54 Å². The van der Waals surface area contributed by atoms with Gasteiger partial charge in [0.1, 0.15) is 5.82 Å². The third-order valence-corrected chi connectivity index (χ3v) is 1.64. The SMILES string of the molecule is C[C@](N)(CO)c1ccc(F)cn1. The van der Waals surface area contributed by atoms with Crippen LogP contribution in [0.3, 0.4) is 0 Å². The van der Waals surface area contributed by atoms with Gasteiger partial charge < -0.3 is 10.8 Å². The van der Waals surface area contributed by atoms with Gasteiger partial charge in [0.25, 0.3) is 0 Å². The van der Waals surface area contributed by atoms with Crippen molar-refractivity contribution in [3.05, 3.63) is 29.8 Å². The Bertz CT molecular complexity index is 258. The molecule has 1 heterocycles. The van der Waals surface area contributed by atoms with Gasteiger partial charge in [0.15, 0.2) is 0 Å². The largest absolute Gasteiger partial charge is 0.394 e. The smallest absolute Gasteiger partial charge is 0.141 e. The van der Waals surface area contributed by atoms with E-state index in [1.165, 1.54) is 12.1 Å². The number of rotatable bonds is 2. The normalized spacial score (nSPS) is 15.7. The predicted octanol–water partition coefficient (Wildman–Crippen LogP) is 0.387. The van der Waals surface area contributed by atoms with Gasteiger partial charge in [0.05, 0.1) is 24.0 Å². The van der Waals surface area contributed by atoms with Gasteiger partial charge in [-0.15, -0.1) is 0 Å². The summed E-state index contributed by atoms with van der Waals surface area (Å²) in [5.74, 6) is -0.410. The lowest BCUT2D eigenvalue weighted by atomic mass is 10.0. The van der Waals surface area contributed by atoms with Crippen LogP contribution in [0.5, 0.6) is 0 Å². The molecule has 0 aliphatic carbocycles. The molecule has 3 N–H and O–H groups in total. The van der Waals surface area contributed by atoms with Crippen LogP contribution in [0.4, 0.5) is 4.39 Å². The molecule has 0 aliphatic rings. The fraction of sp³-hybridized carbons (Fsp3) is 0.375. The monoisotopic (exact) mass is 170 g/mol. The first kappa shape index (κ1) is 9.09. The maximum absolute atomic E-state index is 12.4. The maximum atomic E-state index is 12.4. The first-order chi connectivity index (χ1) is 5.56. The molecule has 1 rings (SSSR count). The zero-order valence-electron chi connectivity index (χ0n) is 6.79. The quantitative estimate of drug-likeness (QED) is 0.674. The lowest BCUT2D eigenvalue weighted by Crippen LogP contribution is -2.37. The van der Waals surface area contributed by atoms with Crippen LogP contribution in [0.15, 0.2) is 18.3 Å². The minimum absolute atomic E-state index is 0.217. The van der Waals surface area contributed by atoms with Crippen LogP contribution < -0.4 is 5.73 Å². The number of hydrogen-bond donors (Lipinski definition) is 2. The van der Waals surface area contributed by atoms with Crippen molar-refractivity contribution in [2.75, 3.05) is 6.61 Å². The molecule has 0 aliphatic heterocycles. The second kappa shape index (κ2) is 3.16. The van der Waals surface area contributed by atoms with Crippen molar-refractivity contribution in [2.45, 2.75) is 12.5 Å². The van der Waals surface area contributed by atoms with Crippen molar-refractivity contribution in [1.29, 1.82) is 0 Å². The molecule has 3 nitrogen and oxygen atoms in total. The second-order valence-corrected chi connectivity index (χ2v) is 2.94. The minimum atomic E-state index is -0.895. The Hall–Kier alpha value is -1.00. The molecule has 0 spiro atoms. The zero-order chi connectivity index (χ0) is 9.19. The lowest BCUT2D eigenvalue weighted by Gasteiger charge is -2.20. The molecule has 1 aromatic rings. The van der Waals surface area contributed by atoms with E-state index in [1.54, 1.807) is 6.92 Å². The lowest BCUT2D eigenvalue weighted by molar-refractivity contribution is 0.206. The average Bonchev–Trinajstić information content (AvgIpc) is 2.05. The maximum Gasteiger partial charge on any atom is 0.141 e. The van der Waals surface area contributed by atoms with Gasteiger partial charge in [-0.05, 0) is 19.1 Å². The van der Waals surface area contributed by atoms with Crippen molar-refractivity contribution in [3.63, 3.8) is 0 Å². The van der Waals surface area contributed by atoms with Crippen molar-refractivity contribution in [3.8, 4) is 0 Å². The van der Waals surface area contributed by atoms with E-state index in [-0.39, 0.29) is 6.61 Å². The highest BCUT2D eigenvalue weighted by atomic mass is 19.1. The number of hydrogen-bond acceptors (Lipinski definition) is 3. The summed E-state index contributed by atoms with van der Waals surface area (Å²) < 4.78 is 12.4. The average molecular weight is 170 g/mol. The van der Waals surface area contributed by atoms with Gasteiger partial charge >= 0.3 is 0 Å². The number of aromatic nitrogens is 1. The standard InChI is InChI=1S/C8H11FN2O/c1-8(10,5-12)7-3-2-6(9)4-11-7/h2-4,12H,5,10H2,1H3/t8-/m0/s1. The molecule has 12 heavy (non-hydrogen) atoms. The number of halogens is 1. The van der Waals surface area contributed by atoms with Crippen molar-refractivity contribution < 1.29 is 9.50 Å². The Morgan fingerprint density at radius 2 is 2.33 bits per heavy atom. The third-order valence-electron chi connectivity index (χ3n) is 1.64. The van der Waals surface area contributed by atoms with Gasteiger partial charge in [-0.1, -0.05) is 0 Å². The molecule has 0 unspecified atom stereocenters. The van der Waals surface area contributed by atoms with Crippen LogP contribution in [0.2, 0.25) is 0 Å². The van der Waals surface area contributed by atoms with Gasteiger partial charge in [-0.2, -0.15) is 0 Å². The molecule has 0 aromatic carbocycles. The van der Waals surface area contributed by atoms with E-state index in [9.17, 15) is 4.39 Å². The Balaban J connectivity index is 2.96. The Morgan fingerprint density at radius 3 is 2.75 bits per heavy atom. The highest BCUT2D eigenvalue weighted by Gasteiger charge is 2.21. The summed E-state index contributed by atoms with van der Waals surface area (Å²) in [5, 5.41) is 8.86. The van der Waals surface area contributed by atoms with E-state index < -0.39 is 11.4 Å². The third kappa shape index (κ3) is 1.78. The fourth-order valence-electron chi connectivity index (χ4n) is 0.795. The molecular formula is C8H11FN2O. The van der Waals surface area contributed by atoms with Crippen LogP contribution >= 0.6 is 0 Å². The molecular weight excluding hydrogens is 159 g/mol. The molecule has 0 amide bonds. The molecule has 4 heteroatoms. The molecule has 66 valence electrons. The zero-order valence-corrected chi connectivity index (χ0v) is 6.79. The molecule has 0 fully saturated rings. The summed E-state index contributed by atoms with van der Waals surface area (Å²) >= 11 is 0. The van der Waals surface area contributed by atoms with Crippen molar-refractivity contribution in [2.24, 2.45) is 5.73 Å². The number of aliphatic hydroxyl groups is 1. The molecule has 1 aromatic heterocycles. The van der Waals surface area contributed by atoms with Crippen molar-refractivity contribution in [1.82, 2.24) is 4.98 Å². The Kier molecular flexibility index (Phi) is 2.40. The van der Waals surface area contributed by atoms with Gasteiger partial charge in [0, 0.05) is 0 Å². The fourth-order valence-corrected chi connectivity index (χ4v) is 0.795. The first-order valence-electron chi connectivity index (χ1n) is 3.58. The van der Waals surface area contributed by atoms with Crippen LogP contribution in [0.25, 0.3) is 0 Å². The van der Waals surface area contributed by atoms with E-state index in [0.29, 0.717) is 5.69 Å². The summed E-state index contributed by atoms with van der Waals surface area (Å²) in [6, 6.07) is 2.73. The van der Waals surface area contributed by atoms with E-state index in [1.807, 2.05) is 0 Å². The molecule has 0 radical (unpaired) electrons. The highest BCUT2D eigenvalue weighted by molar-refractivity contribution is 5.14. The summed E-state index contributed by atoms with van der Waals surface area (Å²) in [6.07, 6.45) is 1.08. The topological polar surface area (TPSA) is 59.1 Å². The Morgan fingerprint density at radius 1 is 1.67 bits per heavy atom. The van der Waals surface area contributed by atoms with Gasteiger partial charge in [0.2, 0.25) is 0 Å². The molecule has 0 bridgehead atoms. The first-order valence-corrected chi connectivity index (χ1v) is 3.58. The molecule has 0 saturated carbocycles. The van der Waals surface area contributed by atoms with E-state index in [4.69, 9.17) is 10.8 Å². The van der Waals surface area contributed by atoms with Crippen LogP contribution in [0.1, 0.15) is 12.6 Å². The van der Waals surface area contributed by atoms with E-state index >= 15 is 0 Å². The highest BCUT2D eigenvalue weighted by Crippen LogP contribution is 2.13. The minimum Gasteiger partial charge on any atom is -0.394 e. The summed E-state index contributed by atoms with van der Waals surface area (Å²) in [5.41, 5.74) is 5.24. The Labute approximate surface area is 70.0 Å². The van der Waals surface area contributed by atoms with Crippen LogP contribution in [0, 0.1) is 5.82 Å². The summed E-state index contributed by atoms with van der Waals surface area (Å²) in [7, 11) is 0. The number of aliphatic hydroxyl groups excluding tert-OH is 1. The van der Waals surface area contributed by atoms with Crippen LogP contribution in [-0.4, -0.2) is 16.7 Å².